The SMILES string of the molecule is O=C(CCn1[nH]c(=O)c2ccccc2c1=O)Nc1ccc(NC(=O)c2ccco2)cc1C(F)(F)F. The molecule has 2 aromatic carbocycles. The second-order valence-corrected chi connectivity index (χ2v) is 7.43. The number of anilines is 2. The van der Waals surface area contributed by atoms with E-state index in [-0.39, 0.29) is 35.2 Å². The lowest BCUT2D eigenvalue weighted by Gasteiger charge is -2.16. The number of aromatic nitrogens is 2. The van der Waals surface area contributed by atoms with Crippen LogP contribution in [0.15, 0.2) is 74.9 Å². The Labute approximate surface area is 194 Å². The van der Waals surface area contributed by atoms with Crippen LogP contribution in [0.4, 0.5) is 24.5 Å². The van der Waals surface area contributed by atoms with Crippen molar-refractivity contribution in [1.82, 2.24) is 9.78 Å². The van der Waals surface area contributed by atoms with Crippen LogP contribution < -0.4 is 21.8 Å². The minimum absolute atomic E-state index is 0.0853. The van der Waals surface area contributed by atoms with Crippen molar-refractivity contribution in [3.63, 3.8) is 0 Å². The molecule has 0 radical (unpaired) electrons. The van der Waals surface area contributed by atoms with Gasteiger partial charge in [0, 0.05) is 12.1 Å². The summed E-state index contributed by atoms with van der Waals surface area (Å²) in [4.78, 5) is 49.1. The molecule has 35 heavy (non-hydrogen) atoms. The Balaban J connectivity index is 1.50. The predicted octanol–water partition coefficient (Wildman–Crippen LogP) is 3.58. The number of rotatable bonds is 6. The van der Waals surface area contributed by atoms with Gasteiger partial charge in [-0.3, -0.25) is 24.3 Å². The van der Waals surface area contributed by atoms with Crippen LogP contribution in [0.5, 0.6) is 0 Å². The van der Waals surface area contributed by atoms with Gasteiger partial charge in [-0.2, -0.15) is 13.2 Å². The van der Waals surface area contributed by atoms with E-state index in [1.807, 2.05) is 0 Å². The number of amides is 2. The molecule has 0 unspecified atom stereocenters. The Bertz CT molecular complexity index is 1520. The number of aryl methyl sites for hydroxylation is 1. The molecule has 0 bridgehead atoms. The number of carbonyl (C=O) groups excluding carboxylic acids is 2. The molecule has 180 valence electrons. The molecule has 0 aliphatic heterocycles. The molecule has 3 N–H and O–H groups in total. The normalized spacial score (nSPS) is 11.4. The van der Waals surface area contributed by atoms with Crippen molar-refractivity contribution in [2.45, 2.75) is 19.1 Å². The average Bonchev–Trinajstić information content (AvgIpc) is 3.36. The third-order valence-electron chi connectivity index (χ3n) is 5.05. The summed E-state index contributed by atoms with van der Waals surface area (Å²) >= 11 is 0. The summed E-state index contributed by atoms with van der Waals surface area (Å²) < 4.78 is 46.7. The maximum atomic E-state index is 13.6. The molecule has 0 saturated heterocycles. The van der Waals surface area contributed by atoms with Crippen molar-refractivity contribution in [2.75, 3.05) is 10.6 Å². The van der Waals surface area contributed by atoms with Crippen molar-refractivity contribution in [2.24, 2.45) is 0 Å². The highest BCUT2D eigenvalue weighted by atomic mass is 19.4. The van der Waals surface area contributed by atoms with Crippen molar-refractivity contribution >= 4 is 34.0 Å². The molecule has 0 aliphatic rings. The maximum absolute atomic E-state index is 13.6. The van der Waals surface area contributed by atoms with Crippen LogP contribution in [0, 0.1) is 0 Å². The molecule has 0 atom stereocenters. The summed E-state index contributed by atoms with van der Waals surface area (Å²) in [5.74, 6) is -1.64. The van der Waals surface area contributed by atoms with E-state index in [1.165, 1.54) is 36.6 Å². The number of halogens is 3. The van der Waals surface area contributed by atoms with E-state index in [1.54, 1.807) is 12.1 Å². The Morgan fingerprint density at radius 1 is 0.971 bits per heavy atom. The predicted molar refractivity (Wildman–Crippen MR) is 120 cm³/mol. The third kappa shape index (κ3) is 5.16. The van der Waals surface area contributed by atoms with E-state index < -0.39 is 40.4 Å². The van der Waals surface area contributed by atoms with Gasteiger partial charge in [-0.1, -0.05) is 12.1 Å². The van der Waals surface area contributed by atoms with Gasteiger partial charge >= 0.3 is 6.18 Å². The number of hydrogen-bond donors (Lipinski definition) is 3. The minimum Gasteiger partial charge on any atom is -0.459 e. The first kappa shape index (κ1) is 23.5. The van der Waals surface area contributed by atoms with Gasteiger partial charge in [0.25, 0.3) is 17.0 Å². The van der Waals surface area contributed by atoms with E-state index in [9.17, 15) is 32.3 Å². The van der Waals surface area contributed by atoms with Gasteiger partial charge in [0.05, 0.1) is 34.8 Å². The Hall–Kier alpha value is -4.61. The van der Waals surface area contributed by atoms with Gasteiger partial charge in [-0.15, -0.1) is 0 Å². The lowest BCUT2D eigenvalue weighted by atomic mass is 10.1. The fraction of sp³-hybridized carbons (Fsp3) is 0.130. The summed E-state index contributed by atoms with van der Waals surface area (Å²) in [7, 11) is 0. The van der Waals surface area contributed by atoms with Crippen LogP contribution >= 0.6 is 0 Å². The molecule has 4 rings (SSSR count). The fourth-order valence-electron chi connectivity index (χ4n) is 3.40. The van der Waals surface area contributed by atoms with Gasteiger partial charge in [0.1, 0.15) is 0 Å². The molecule has 0 aliphatic carbocycles. The Morgan fingerprint density at radius 2 is 1.71 bits per heavy atom. The molecule has 2 heterocycles. The first-order chi connectivity index (χ1) is 16.6. The standard InChI is InChI=1S/C23H17F3N4O5/c24-23(25,26)16-12-13(27-21(33)18-6-3-11-35-18)7-8-17(16)28-19(31)9-10-30-22(34)15-5-2-1-4-14(15)20(32)29-30/h1-8,11-12H,9-10H2,(H,27,33)(H,28,31)(H,29,32). The number of nitrogens with one attached hydrogen (secondary N) is 3. The summed E-state index contributed by atoms with van der Waals surface area (Å²) in [6, 6.07) is 11.8. The van der Waals surface area contributed by atoms with E-state index in [2.05, 4.69) is 15.7 Å². The largest absolute Gasteiger partial charge is 0.459 e. The molecule has 4 aromatic rings. The molecule has 2 aromatic heterocycles. The van der Waals surface area contributed by atoms with Crippen LogP contribution in [0.1, 0.15) is 22.5 Å². The number of aromatic amines is 1. The van der Waals surface area contributed by atoms with Crippen molar-refractivity contribution in [1.29, 1.82) is 0 Å². The molecule has 9 nitrogen and oxygen atoms in total. The van der Waals surface area contributed by atoms with Gasteiger partial charge in [0.2, 0.25) is 5.91 Å². The zero-order valence-corrected chi connectivity index (χ0v) is 17.8. The number of hydrogen-bond acceptors (Lipinski definition) is 5. The van der Waals surface area contributed by atoms with Crippen LogP contribution in [-0.2, 0) is 17.5 Å². The van der Waals surface area contributed by atoms with Gasteiger partial charge in [0.15, 0.2) is 5.76 Å². The number of furan rings is 1. The van der Waals surface area contributed by atoms with Crippen LogP contribution in [0.2, 0.25) is 0 Å². The highest BCUT2D eigenvalue weighted by Crippen LogP contribution is 2.36. The number of nitrogens with zero attached hydrogens (tertiary/aromatic N) is 1. The van der Waals surface area contributed by atoms with Gasteiger partial charge in [-0.25, -0.2) is 4.68 Å². The topological polar surface area (TPSA) is 126 Å². The lowest BCUT2D eigenvalue weighted by molar-refractivity contribution is -0.136. The number of fused-ring (bicyclic) bond motifs is 1. The zero-order chi connectivity index (χ0) is 25.2. The summed E-state index contributed by atoms with van der Waals surface area (Å²) in [6.45, 7) is -0.261. The summed E-state index contributed by atoms with van der Waals surface area (Å²) in [6.07, 6.45) is -3.98. The van der Waals surface area contributed by atoms with Crippen LogP contribution in [-0.4, -0.2) is 21.6 Å². The smallest absolute Gasteiger partial charge is 0.418 e. The minimum atomic E-state index is -4.84. The molecule has 12 heteroatoms. The third-order valence-corrected chi connectivity index (χ3v) is 5.05. The van der Waals surface area contributed by atoms with Crippen molar-refractivity contribution in [3.05, 3.63) is 92.9 Å². The summed E-state index contributed by atoms with van der Waals surface area (Å²) in [5, 5.41) is 7.16. The molecule has 0 saturated carbocycles. The number of H-pyrrole nitrogens is 1. The maximum Gasteiger partial charge on any atom is 0.418 e. The second-order valence-electron chi connectivity index (χ2n) is 7.43. The van der Waals surface area contributed by atoms with Crippen molar-refractivity contribution < 1.29 is 27.2 Å². The summed E-state index contributed by atoms with van der Waals surface area (Å²) in [5.41, 5.74) is -2.94. The zero-order valence-electron chi connectivity index (χ0n) is 17.8. The number of benzene rings is 2. The lowest BCUT2D eigenvalue weighted by Crippen LogP contribution is -2.31. The Kier molecular flexibility index (Phi) is 6.28. The quantitative estimate of drug-likeness (QED) is 0.384. The average molecular weight is 486 g/mol. The highest BCUT2D eigenvalue weighted by Gasteiger charge is 2.34. The second kappa shape index (κ2) is 9.33. The van der Waals surface area contributed by atoms with E-state index in [0.29, 0.717) is 6.07 Å². The van der Waals surface area contributed by atoms with Gasteiger partial charge < -0.3 is 15.1 Å². The van der Waals surface area contributed by atoms with E-state index in [0.717, 1.165) is 10.7 Å². The molecular formula is C23H17F3N4O5. The van der Waals surface area contributed by atoms with Crippen molar-refractivity contribution in [3.8, 4) is 0 Å². The molecule has 2 amide bonds. The first-order valence-corrected chi connectivity index (χ1v) is 10.2. The fourth-order valence-corrected chi connectivity index (χ4v) is 3.40. The Morgan fingerprint density at radius 3 is 2.40 bits per heavy atom. The molecule has 0 fully saturated rings. The van der Waals surface area contributed by atoms with Crippen LogP contribution in [0.25, 0.3) is 10.8 Å². The highest BCUT2D eigenvalue weighted by molar-refractivity contribution is 6.02. The molecule has 0 spiro atoms. The van der Waals surface area contributed by atoms with E-state index >= 15 is 0 Å². The van der Waals surface area contributed by atoms with Gasteiger partial charge in [-0.05, 0) is 42.5 Å². The monoisotopic (exact) mass is 486 g/mol. The number of carbonyl (C=O) groups is 2. The molecular weight excluding hydrogens is 469 g/mol. The van der Waals surface area contributed by atoms with Crippen LogP contribution in [0.3, 0.4) is 0 Å². The first-order valence-electron chi connectivity index (χ1n) is 10.2. The number of alkyl halides is 3. The van der Waals surface area contributed by atoms with E-state index in [4.69, 9.17) is 4.42 Å².